The van der Waals surface area contributed by atoms with Crippen molar-refractivity contribution < 1.29 is 4.42 Å². The fraction of sp³-hybridized carbons (Fsp3) is 0. The number of nitrogens with zero attached hydrogens (tertiary/aromatic N) is 1. The lowest BCUT2D eigenvalue weighted by Gasteiger charge is -2.17. The van der Waals surface area contributed by atoms with E-state index in [1.165, 1.54) is 70.6 Å². The first-order valence-electron chi connectivity index (χ1n) is 15.9. The Balaban J connectivity index is 1.21. The molecule has 11 aromatic rings. The molecule has 0 saturated carbocycles. The summed E-state index contributed by atoms with van der Waals surface area (Å²) in [7, 11) is 0. The molecule has 0 atom stereocenters. The first kappa shape index (κ1) is 24.2. The minimum absolute atomic E-state index is 0.921. The number of aromatic nitrogens is 1. The van der Waals surface area contributed by atoms with E-state index in [1.54, 1.807) is 0 Å². The largest absolute Gasteiger partial charge is 0.455 e. The molecule has 0 N–H and O–H groups in total. The van der Waals surface area contributed by atoms with Crippen LogP contribution in [0.4, 0.5) is 0 Å². The van der Waals surface area contributed by atoms with Crippen molar-refractivity contribution in [3.63, 3.8) is 0 Å². The lowest BCUT2D eigenvalue weighted by molar-refractivity contribution is 0.670. The average molecular weight is 584 g/mol. The van der Waals surface area contributed by atoms with E-state index >= 15 is 0 Å². The lowest BCUT2D eigenvalue weighted by atomic mass is 9.89. The molecule has 2 heteroatoms. The molecule has 9 aromatic carbocycles. The van der Waals surface area contributed by atoms with Crippen LogP contribution in [0.3, 0.4) is 0 Å². The summed E-state index contributed by atoms with van der Waals surface area (Å²) in [5.74, 6) is 0. The van der Waals surface area contributed by atoms with Crippen LogP contribution in [-0.4, -0.2) is 4.57 Å². The highest BCUT2D eigenvalue weighted by molar-refractivity contribution is 6.33. The van der Waals surface area contributed by atoms with Gasteiger partial charge in [0.1, 0.15) is 11.2 Å². The van der Waals surface area contributed by atoms with Crippen LogP contribution in [0.5, 0.6) is 0 Å². The molecule has 0 aliphatic carbocycles. The Morgan fingerprint density at radius 3 is 1.87 bits per heavy atom. The van der Waals surface area contributed by atoms with E-state index in [0.29, 0.717) is 0 Å². The normalized spacial score (nSPS) is 12.3. The second-order valence-corrected chi connectivity index (χ2v) is 12.5. The summed E-state index contributed by atoms with van der Waals surface area (Å²) in [5, 5.41) is 15.2. The van der Waals surface area contributed by atoms with E-state index in [9.17, 15) is 0 Å². The molecule has 2 heterocycles. The van der Waals surface area contributed by atoms with Crippen molar-refractivity contribution in [3.05, 3.63) is 152 Å². The van der Waals surface area contributed by atoms with Gasteiger partial charge in [0.15, 0.2) is 0 Å². The van der Waals surface area contributed by atoms with Crippen molar-refractivity contribution in [2.75, 3.05) is 0 Å². The number of benzene rings is 9. The first-order valence-corrected chi connectivity index (χ1v) is 15.9. The predicted molar refractivity (Wildman–Crippen MR) is 195 cm³/mol. The Morgan fingerprint density at radius 2 is 1.02 bits per heavy atom. The van der Waals surface area contributed by atoms with Crippen LogP contribution in [0.25, 0.3) is 104 Å². The summed E-state index contributed by atoms with van der Waals surface area (Å²) >= 11 is 0. The van der Waals surface area contributed by atoms with Gasteiger partial charge in [0.05, 0.1) is 11.0 Å². The van der Waals surface area contributed by atoms with Gasteiger partial charge in [0.2, 0.25) is 0 Å². The highest BCUT2D eigenvalue weighted by Crippen LogP contribution is 2.43. The van der Waals surface area contributed by atoms with Crippen molar-refractivity contribution in [1.29, 1.82) is 0 Å². The van der Waals surface area contributed by atoms with Gasteiger partial charge in [0.25, 0.3) is 0 Å². The summed E-state index contributed by atoms with van der Waals surface area (Å²) in [6.45, 7) is 0. The zero-order valence-electron chi connectivity index (χ0n) is 24.8. The third-order valence-electron chi connectivity index (χ3n) is 10.1. The zero-order chi connectivity index (χ0) is 29.9. The molecule has 0 unspecified atom stereocenters. The molecule has 0 spiro atoms. The Kier molecular flexibility index (Phi) is 4.61. The van der Waals surface area contributed by atoms with Crippen molar-refractivity contribution in [3.8, 4) is 16.8 Å². The maximum absolute atomic E-state index is 6.44. The number of hydrogen-bond donors (Lipinski definition) is 0. The fourth-order valence-electron chi connectivity index (χ4n) is 8.16. The Hall–Kier alpha value is -6.12. The molecule has 46 heavy (non-hydrogen) atoms. The predicted octanol–water partition coefficient (Wildman–Crippen LogP) is 12.4. The summed E-state index contributed by atoms with van der Waals surface area (Å²) in [6, 6.07) is 55.4. The van der Waals surface area contributed by atoms with Gasteiger partial charge in [-0.3, -0.25) is 0 Å². The molecule has 0 bridgehead atoms. The van der Waals surface area contributed by atoms with Gasteiger partial charge in [-0.2, -0.15) is 0 Å². The molecular weight excluding hydrogens is 558 g/mol. The van der Waals surface area contributed by atoms with Gasteiger partial charge in [-0.1, -0.05) is 115 Å². The summed E-state index contributed by atoms with van der Waals surface area (Å²) in [6.07, 6.45) is 0. The van der Waals surface area contributed by atoms with Gasteiger partial charge < -0.3 is 8.98 Å². The first-order chi connectivity index (χ1) is 22.8. The standard InChI is InChI=1S/C44H25NO/c1-3-19-39-31(12-1)37-24-27(30-14-8-18-36-32-13-2-4-20-41(32)46-44(30)36)21-22-40(37)45(39)29-23-28-11-7-16-34-33-15-5-9-26-10-6-17-35(42(26)33)38(25-29)43(28)34/h1-25H. The highest BCUT2D eigenvalue weighted by atomic mass is 16.3. The average Bonchev–Trinajstić information content (AvgIpc) is 3.66. The molecule has 0 amide bonds. The SMILES string of the molecule is c1ccc2c(c1)oc1c(-c3ccc4c(c3)c3ccccc3n4-c3cc4cccc5c6cccc7cccc(c(c3)c45)c76)cccc12. The van der Waals surface area contributed by atoms with Gasteiger partial charge >= 0.3 is 0 Å². The minimum atomic E-state index is 0.921. The molecular formula is C44H25NO. The molecule has 11 rings (SSSR count). The third-order valence-corrected chi connectivity index (χ3v) is 10.1. The minimum Gasteiger partial charge on any atom is -0.455 e. The van der Waals surface area contributed by atoms with Crippen molar-refractivity contribution in [1.82, 2.24) is 4.57 Å². The molecule has 0 radical (unpaired) electrons. The molecule has 0 aliphatic heterocycles. The van der Waals surface area contributed by atoms with Crippen LogP contribution in [-0.2, 0) is 0 Å². The molecule has 2 nitrogen and oxygen atoms in total. The number of rotatable bonds is 2. The van der Waals surface area contributed by atoms with Crippen molar-refractivity contribution in [2.24, 2.45) is 0 Å². The molecule has 0 saturated heterocycles. The smallest absolute Gasteiger partial charge is 0.143 e. The number of para-hydroxylation sites is 3. The molecule has 212 valence electrons. The Bertz CT molecular complexity index is 3020. The second kappa shape index (κ2) is 8.74. The Labute approximate surface area is 263 Å². The van der Waals surface area contributed by atoms with E-state index in [1.807, 2.05) is 6.07 Å². The maximum Gasteiger partial charge on any atom is 0.143 e. The molecule has 2 aromatic heterocycles. The monoisotopic (exact) mass is 583 g/mol. The quantitative estimate of drug-likeness (QED) is 0.146. The van der Waals surface area contributed by atoms with E-state index in [4.69, 9.17) is 4.42 Å². The van der Waals surface area contributed by atoms with Crippen LogP contribution in [0.15, 0.2) is 156 Å². The van der Waals surface area contributed by atoms with Gasteiger partial charge in [0, 0.05) is 32.8 Å². The summed E-state index contributed by atoms with van der Waals surface area (Å²) in [5.41, 5.74) is 7.69. The van der Waals surface area contributed by atoms with Crippen LogP contribution in [0, 0.1) is 0 Å². The van der Waals surface area contributed by atoms with Crippen molar-refractivity contribution in [2.45, 2.75) is 0 Å². The number of fused-ring (bicyclic) bond motifs is 8. The van der Waals surface area contributed by atoms with Gasteiger partial charge in [-0.15, -0.1) is 0 Å². The fourth-order valence-corrected chi connectivity index (χ4v) is 8.16. The lowest BCUT2D eigenvalue weighted by Crippen LogP contribution is -1.95. The molecule has 0 aliphatic rings. The van der Waals surface area contributed by atoms with Gasteiger partial charge in [-0.05, 0) is 85.1 Å². The second-order valence-electron chi connectivity index (χ2n) is 12.5. The van der Waals surface area contributed by atoms with E-state index in [2.05, 4.69) is 150 Å². The summed E-state index contributed by atoms with van der Waals surface area (Å²) in [4.78, 5) is 0. The molecule has 0 fully saturated rings. The maximum atomic E-state index is 6.44. The highest BCUT2D eigenvalue weighted by Gasteiger charge is 2.19. The summed E-state index contributed by atoms with van der Waals surface area (Å²) < 4.78 is 8.88. The third kappa shape index (κ3) is 3.10. The topological polar surface area (TPSA) is 18.1 Å². The van der Waals surface area contributed by atoms with E-state index < -0.39 is 0 Å². The van der Waals surface area contributed by atoms with Crippen LogP contribution >= 0.6 is 0 Å². The van der Waals surface area contributed by atoms with Crippen LogP contribution in [0.2, 0.25) is 0 Å². The number of furan rings is 1. The van der Waals surface area contributed by atoms with Crippen LogP contribution < -0.4 is 0 Å². The van der Waals surface area contributed by atoms with Crippen LogP contribution in [0.1, 0.15) is 0 Å². The van der Waals surface area contributed by atoms with Gasteiger partial charge in [-0.25, -0.2) is 0 Å². The zero-order valence-corrected chi connectivity index (χ0v) is 24.8. The number of hydrogen-bond acceptors (Lipinski definition) is 1. The van der Waals surface area contributed by atoms with E-state index in [0.717, 1.165) is 33.1 Å². The van der Waals surface area contributed by atoms with Crippen molar-refractivity contribution >= 4 is 86.8 Å². The Morgan fingerprint density at radius 1 is 0.391 bits per heavy atom. The van der Waals surface area contributed by atoms with E-state index in [-0.39, 0.29) is 0 Å².